The summed E-state index contributed by atoms with van der Waals surface area (Å²) in [4.78, 5) is 13.9. The van der Waals surface area contributed by atoms with Gasteiger partial charge in [-0.3, -0.25) is 4.90 Å². The smallest absolute Gasteiger partial charge is 0.322 e. The summed E-state index contributed by atoms with van der Waals surface area (Å²) in [5.41, 5.74) is 2.13. The molecule has 2 amide bonds. The van der Waals surface area contributed by atoms with Gasteiger partial charge in [-0.25, -0.2) is 4.79 Å². The van der Waals surface area contributed by atoms with Gasteiger partial charge in [-0.15, -0.1) is 0 Å². The molecule has 0 spiro atoms. The fourth-order valence-corrected chi connectivity index (χ4v) is 2.60. The number of carbonyl (C=O) groups excluding carboxylic acids is 1. The number of methoxy groups -OCH3 is 1. The maximum atomic E-state index is 12.1. The van der Waals surface area contributed by atoms with E-state index in [9.17, 15) is 4.79 Å². The van der Waals surface area contributed by atoms with E-state index in [1.807, 2.05) is 42.5 Å². The van der Waals surface area contributed by atoms with Crippen molar-refractivity contribution >= 4 is 11.7 Å². The third kappa shape index (κ3) is 2.99. The maximum absolute atomic E-state index is 12.1. The molecule has 4 heteroatoms. The van der Waals surface area contributed by atoms with Gasteiger partial charge in [-0.05, 0) is 36.2 Å². The molecule has 0 saturated carbocycles. The summed E-state index contributed by atoms with van der Waals surface area (Å²) in [6.07, 6.45) is 0.846. The maximum Gasteiger partial charge on any atom is 0.322 e. The van der Waals surface area contributed by atoms with Crippen LogP contribution >= 0.6 is 0 Å². The Morgan fingerprint density at radius 3 is 2.52 bits per heavy atom. The zero-order valence-corrected chi connectivity index (χ0v) is 12.0. The highest BCUT2D eigenvalue weighted by molar-refractivity contribution is 5.94. The van der Waals surface area contributed by atoms with Crippen LogP contribution in [0, 0.1) is 0 Å². The van der Waals surface area contributed by atoms with Crippen molar-refractivity contribution in [2.75, 3.05) is 18.6 Å². The lowest BCUT2D eigenvalue weighted by Crippen LogP contribution is -2.29. The third-order valence-corrected chi connectivity index (χ3v) is 3.68. The van der Waals surface area contributed by atoms with Crippen LogP contribution in [0.3, 0.4) is 0 Å². The molecular weight excluding hydrogens is 264 g/mol. The standard InChI is InChI=1S/C17H18N2O2/c1-21-16-9-7-15(8-10-16)19-12-14(18-17(19)20)11-13-5-3-2-4-6-13/h2-10,14H,11-12H2,1H3,(H,18,20). The molecule has 1 saturated heterocycles. The minimum atomic E-state index is -0.0407. The molecule has 3 rings (SSSR count). The topological polar surface area (TPSA) is 41.6 Å². The summed E-state index contributed by atoms with van der Waals surface area (Å²) >= 11 is 0. The van der Waals surface area contributed by atoms with E-state index in [0.717, 1.165) is 17.9 Å². The average molecular weight is 282 g/mol. The highest BCUT2D eigenvalue weighted by Gasteiger charge is 2.29. The summed E-state index contributed by atoms with van der Waals surface area (Å²) < 4.78 is 5.14. The minimum absolute atomic E-state index is 0.0407. The van der Waals surface area contributed by atoms with Gasteiger partial charge in [0, 0.05) is 12.2 Å². The van der Waals surface area contributed by atoms with Crippen LogP contribution in [0.4, 0.5) is 10.5 Å². The first kappa shape index (κ1) is 13.5. The molecule has 1 N–H and O–H groups in total. The van der Waals surface area contributed by atoms with Crippen molar-refractivity contribution in [3.05, 3.63) is 60.2 Å². The molecule has 1 aliphatic rings. The monoisotopic (exact) mass is 282 g/mol. The van der Waals surface area contributed by atoms with Crippen molar-refractivity contribution in [1.29, 1.82) is 0 Å². The molecule has 1 heterocycles. The second-order valence-corrected chi connectivity index (χ2v) is 5.14. The average Bonchev–Trinajstić information content (AvgIpc) is 2.89. The number of anilines is 1. The molecule has 1 atom stereocenters. The summed E-state index contributed by atoms with van der Waals surface area (Å²) in [6, 6.07) is 17.9. The highest BCUT2D eigenvalue weighted by Crippen LogP contribution is 2.22. The molecule has 2 aromatic carbocycles. The molecule has 1 aliphatic heterocycles. The number of amides is 2. The lowest BCUT2D eigenvalue weighted by atomic mass is 10.1. The number of urea groups is 1. The van der Waals surface area contributed by atoms with E-state index < -0.39 is 0 Å². The first-order chi connectivity index (χ1) is 10.3. The Labute approximate surface area is 124 Å². The Morgan fingerprint density at radius 1 is 1.14 bits per heavy atom. The fraction of sp³-hybridized carbons (Fsp3) is 0.235. The Morgan fingerprint density at radius 2 is 1.86 bits per heavy atom. The molecule has 1 unspecified atom stereocenters. The molecule has 2 aromatic rings. The largest absolute Gasteiger partial charge is 0.497 e. The van der Waals surface area contributed by atoms with Gasteiger partial charge in [0.1, 0.15) is 5.75 Å². The summed E-state index contributed by atoms with van der Waals surface area (Å²) in [7, 11) is 1.63. The molecule has 0 bridgehead atoms. The zero-order chi connectivity index (χ0) is 14.7. The van der Waals surface area contributed by atoms with Gasteiger partial charge in [0.25, 0.3) is 0 Å². The van der Waals surface area contributed by atoms with Crippen LogP contribution < -0.4 is 15.0 Å². The van der Waals surface area contributed by atoms with Crippen molar-refractivity contribution in [2.24, 2.45) is 0 Å². The first-order valence-electron chi connectivity index (χ1n) is 7.02. The van der Waals surface area contributed by atoms with Crippen LogP contribution in [-0.2, 0) is 6.42 Å². The van der Waals surface area contributed by atoms with Crippen LogP contribution in [-0.4, -0.2) is 25.7 Å². The van der Waals surface area contributed by atoms with Gasteiger partial charge in [0.2, 0.25) is 0 Å². The summed E-state index contributed by atoms with van der Waals surface area (Å²) in [6.45, 7) is 0.681. The number of hydrogen-bond donors (Lipinski definition) is 1. The molecule has 0 aliphatic carbocycles. The highest BCUT2D eigenvalue weighted by atomic mass is 16.5. The van der Waals surface area contributed by atoms with E-state index in [1.165, 1.54) is 5.56 Å². The van der Waals surface area contributed by atoms with Gasteiger partial charge in [-0.1, -0.05) is 30.3 Å². The van der Waals surface area contributed by atoms with Crippen LogP contribution in [0.2, 0.25) is 0 Å². The Hall–Kier alpha value is -2.49. The normalized spacial score (nSPS) is 17.7. The Kier molecular flexibility index (Phi) is 3.77. The lowest BCUT2D eigenvalue weighted by molar-refractivity contribution is 0.251. The van der Waals surface area contributed by atoms with Gasteiger partial charge in [0.15, 0.2) is 0 Å². The van der Waals surface area contributed by atoms with Crippen molar-refractivity contribution in [2.45, 2.75) is 12.5 Å². The van der Waals surface area contributed by atoms with Crippen LogP contribution in [0.25, 0.3) is 0 Å². The van der Waals surface area contributed by atoms with Crippen molar-refractivity contribution in [1.82, 2.24) is 5.32 Å². The number of benzene rings is 2. The summed E-state index contributed by atoms with van der Waals surface area (Å²) in [5, 5.41) is 3.04. The second kappa shape index (κ2) is 5.87. The Balaban J connectivity index is 1.69. The van der Waals surface area contributed by atoms with Crippen LogP contribution in [0.1, 0.15) is 5.56 Å². The molecule has 1 fully saturated rings. The molecule has 0 radical (unpaired) electrons. The van der Waals surface area contributed by atoms with Gasteiger partial charge >= 0.3 is 6.03 Å². The first-order valence-corrected chi connectivity index (χ1v) is 7.02. The van der Waals surface area contributed by atoms with E-state index >= 15 is 0 Å². The van der Waals surface area contributed by atoms with E-state index in [2.05, 4.69) is 17.4 Å². The van der Waals surface area contributed by atoms with Crippen LogP contribution in [0.5, 0.6) is 5.75 Å². The van der Waals surface area contributed by atoms with Gasteiger partial charge < -0.3 is 10.1 Å². The minimum Gasteiger partial charge on any atom is -0.497 e. The molecular formula is C17H18N2O2. The van der Waals surface area contributed by atoms with Gasteiger partial charge in [0.05, 0.1) is 13.2 Å². The van der Waals surface area contributed by atoms with Crippen molar-refractivity contribution < 1.29 is 9.53 Å². The SMILES string of the molecule is COc1ccc(N2CC(Cc3ccccc3)NC2=O)cc1. The lowest BCUT2D eigenvalue weighted by Gasteiger charge is -2.15. The van der Waals surface area contributed by atoms with Crippen molar-refractivity contribution in [3.8, 4) is 5.75 Å². The predicted molar refractivity (Wildman–Crippen MR) is 82.8 cm³/mol. The number of carbonyl (C=O) groups is 1. The Bertz CT molecular complexity index is 610. The van der Waals surface area contributed by atoms with E-state index in [1.54, 1.807) is 12.0 Å². The molecule has 0 aromatic heterocycles. The number of nitrogens with zero attached hydrogens (tertiary/aromatic N) is 1. The molecule has 21 heavy (non-hydrogen) atoms. The second-order valence-electron chi connectivity index (χ2n) is 5.14. The third-order valence-electron chi connectivity index (χ3n) is 3.68. The van der Waals surface area contributed by atoms with Gasteiger partial charge in [-0.2, -0.15) is 0 Å². The number of nitrogens with one attached hydrogen (secondary N) is 1. The molecule has 4 nitrogen and oxygen atoms in total. The number of hydrogen-bond acceptors (Lipinski definition) is 2. The molecule has 108 valence electrons. The number of rotatable bonds is 4. The van der Waals surface area contributed by atoms with Crippen molar-refractivity contribution in [3.63, 3.8) is 0 Å². The van der Waals surface area contributed by atoms with E-state index in [-0.39, 0.29) is 12.1 Å². The van der Waals surface area contributed by atoms with E-state index in [0.29, 0.717) is 6.54 Å². The summed E-state index contributed by atoms with van der Waals surface area (Å²) in [5.74, 6) is 0.791. The predicted octanol–water partition coefficient (Wildman–Crippen LogP) is 2.84. The zero-order valence-electron chi connectivity index (χ0n) is 12.0. The van der Waals surface area contributed by atoms with E-state index in [4.69, 9.17) is 4.74 Å². The number of ether oxygens (including phenoxy) is 1. The fourth-order valence-electron chi connectivity index (χ4n) is 2.60. The van der Waals surface area contributed by atoms with Crippen LogP contribution in [0.15, 0.2) is 54.6 Å². The quantitative estimate of drug-likeness (QED) is 0.937.